The zero-order valence-electron chi connectivity index (χ0n) is 16.0. The molecule has 0 atom stereocenters. The summed E-state index contributed by atoms with van der Waals surface area (Å²) in [5.41, 5.74) is 1.76. The van der Waals surface area contributed by atoms with Crippen LogP contribution in [0.1, 0.15) is 4.88 Å². The summed E-state index contributed by atoms with van der Waals surface area (Å²) in [6, 6.07) is 13.8. The fourth-order valence-electron chi connectivity index (χ4n) is 3.02. The van der Waals surface area contributed by atoms with Gasteiger partial charge in [-0.15, -0.1) is 29.3 Å². The maximum Gasteiger partial charge on any atom is 0.263 e. The Morgan fingerprint density at radius 2 is 2.03 bits per heavy atom. The lowest BCUT2D eigenvalue weighted by molar-refractivity contribution is -0.118. The first-order chi connectivity index (χ1) is 14.7. The molecule has 0 saturated carbocycles. The van der Waals surface area contributed by atoms with E-state index in [0.29, 0.717) is 28.5 Å². The first-order valence-electron chi connectivity index (χ1n) is 9.27. The summed E-state index contributed by atoms with van der Waals surface area (Å²) in [6.07, 6.45) is 1.67. The second-order valence-corrected chi connectivity index (χ2v) is 9.27. The zero-order valence-corrected chi connectivity index (χ0v) is 18.5. The molecule has 1 amide bonds. The van der Waals surface area contributed by atoms with Gasteiger partial charge in [0.25, 0.3) is 5.56 Å². The molecule has 1 aromatic carbocycles. The largest absolute Gasteiger partial charge is 0.350 e. The Bertz CT molecular complexity index is 1230. The number of nitrogens with one attached hydrogen (secondary N) is 1. The second-order valence-electron chi connectivity index (χ2n) is 6.44. The molecule has 1 N–H and O–H groups in total. The molecule has 3 heterocycles. The minimum Gasteiger partial charge on any atom is -0.350 e. The van der Waals surface area contributed by atoms with E-state index < -0.39 is 0 Å². The Labute approximate surface area is 186 Å². The summed E-state index contributed by atoms with van der Waals surface area (Å²) in [6.45, 7) is 4.61. The smallest absolute Gasteiger partial charge is 0.263 e. The number of carbonyl (C=O) groups excluding carboxylic acids is 1. The summed E-state index contributed by atoms with van der Waals surface area (Å²) >= 11 is 4.32. The predicted octanol–water partition coefficient (Wildman–Crippen LogP) is 4.78. The molecular weight excluding hydrogens is 434 g/mol. The fraction of sp³-hybridized carbons (Fsp3) is 0.136. The van der Waals surface area contributed by atoms with Crippen molar-refractivity contribution in [3.63, 3.8) is 0 Å². The molecule has 0 bridgehead atoms. The van der Waals surface area contributed by atoms with Crippen molar-refractivity contribution in [2.75, 3.05) is 5.75 Å². The third-order valence-electron chi connectivity index (χ3n) is 4.43. The van der Waals surface area contributed by atoms with Crippen molar-refractivity contribution < 1.29 is 4.79 Å². The highest BCUT2D eigenvalue weighted by Gasteiger charge is 2.17. The normalized spacial score (nSPS) is 10.9. The second kappa shape index (κ2) is 9.42. The molecular formula is C22H19N3O2S3. The Kier molecular flexibility index (Phi) is 6.47. The van der Waals surface area contributed by atoms with Crippen LogP contribution < -0.4 is 10.9 Å². The molecule has 3 aromatic heterocycles. The molecule has 0 aliphatic rings. The Morgan fingerprint density at radius 3 is 2.77 bits per heavy atom. The van der Waals surface area contributed by atoms with E-state index in [9.17, 15) is 9.59 Å². The number of hydrogen-bond acceptors (Lipinski definition) is 6. The lowest BCUT2D eigenvalue weighted by Gasteiger charge is -2.11. The maximum atomic E-state index is 13.3. The van der Waals surface area contributed by atoms with Crippen LogP contribution in [0.15, 0.2) is 75.8 Å². The summed E-state index contributed by atoms with van der Waals surface area (Å²) in [5, 5.41) is 7.99. The van der Waals surface area contributed by atoms with Gasteiger partial charge in [0.1, 0.15) is 4.83 Å². The van der Waals surface area contributed by atoms with Gasteiger partial charge in [0.05, 0.1) is 17.7 Å². The molecule has 30 heavy (non-hydrogen) atoms. The molecule has 4 rings (SSSR count). The molecule has 0 fully saturated rings. The number of thioether (sulfide) groups is 1. The van der Waals surface area contributed by atoms with Gasteiger partial charge in [-0.3, -0.25) is 14.2 Å². The van der Waals surface area contributed by atoms with Gasteiger partial charge in [0, 0.05) is 22.4 Å². The number of aromatic nitrogens is 2. The van der Waals surface area contributed by atoms with Crippen LogP contribution in [0.5, 0.6) is 0 Å². The number of rotatable bonds is 8. The molecule has 0 aliphatic heterocycles. The van der Waals surface area contributed by atoms with E-state index in [0.717, 1.165) is 16.0 Å². The highest BCUT2D eigenvalue weighted by molar-refractivity contribution is 7.99. The number of nitrogens with zero attached hydrogens (tertiary/aromatic N) is 2. The van der Waals surface area contributed by atoms with Gasteiger partial charge in [-0.25, -0.2) is 4.98 Å². The Morgan fingerprint density at radius 1 is 1.20 bits per heavy atom. The van der Waals surface area contributed by atoms with Gasteiger partial charge in [-0.1, -0.05) is 54.2 Å². The Balaban J connectivity index is 1.60. The number of benzene rings is 1. The van der Waals surface area contributed by atoms with Crippen LogP contribution in [0.4, 0.5) is 0 Å². The average Bonchev–Trinajstić information content (AvgIpc) is 3.43. The number of allylic oxidation sites excluding steroid dienone is 1. The van der Waals surface area contributed by atoms with Crippen molar-refractivity contribution in [2.24, 2.45) is 0 Å². The number of carbonyl (C=O) groups is 1. The van der Waals surface area contributed by atoms with E-state index in [-0.39, 0.29) is 17.2 Å². The summed E-state index contributed by atoms with van der Waals surface area (Å²) < 4.78 is 1.59. The molecule has 4 aromatic rings. The van der Waals surface area contributed by atoms with E-state index in [2.05, 4.69) is 11.9 Å². The van der Waals surface area contributed by atoms with Crippen LogP contribution in [-0.2, 0) is 17.9 Å². The average molecular weight is 454 g/mol. The summed E-state index contributed by atoms with van der Waals surface area (Å²) in [4.78, 5) is 32.0. The van der Waals surface area contributed by atoms with Gasteiger partial charge in [-0.2, -0.15) is 0 Å². The number of thiophene rings is 2. The SMILES string of the molecule is C=CCn1c(SCC(=O)NCc2cccs2)nc2scc(-c3ccccc3)c2c1=O. The lowest BCUT2D eigenvalue weighted by Crippen LogP contribution is -2.26. The first-order valence-corrected chi connectivity index (χ1v) is 12.0. The number of fused-ring (bicyclic) bond motifs is 1. The molecule has 0 saturated heterocycles. The third-order valence-corrected chi connectivity index (χ3v) is 7.15. The monoisotopic (exact) mass is 453 g/mol. The van der Waals surface area contributed by atoms with Gasteiger partial charge in [0.15, 0.2) is 5.16 Å². The van der Waals surface area contributed by atoms with Gasteiger partial charge in [-0.05, 0) is 17.0 Å². The van der Waals surface area contributed by atoms with E-state index in [1.54, 1.807) is 22.0 Å². The van der Waals surface area contributed by atoms with Crippen LogP contribution >= 0.6 is 34.4 Å². The maximum absolute atomic E-state index is 13.3. The predicted molar refractivity (Wildman–Crippen MR) is 126 cm³/mol. The van der Waals surface area contributed by atoms with E-state index in [1.807, 2.05) is 53.2 Å². The van der Waals surface area contributed by atoms with Crippen LogP contribution in [0.2, 0.25) is 0 Å². The van der Waals surface area contributed by atoms with Crippen LogP contribution in [0.25, 0.3) is 21.3 Å². The minimum absolute atomic E-state index is 0.0935. The van der Waals surface area contributed by atoms with Crippen LogP contribution in [-0.4, -0.2) is 21.2 Å². The minimum atomic E-state index is -0.110. The highest BCUT2D eigenvalue weighted by Crippen LogP contribution is 2.32. The quantitative estimate of drug-likeness (QED) is 0.237. The molecule has 5 nitrogen and oxygen atoms in total. The molecule has 0 aliphatic carbocycles. The van der Waals surface area contributed by atoms with Gasteiger partial charge < -0.3 is 5.32 Å². The molecule has 0 unspecified atom stereocenters. The topological polar surface area (TPSA) is 64.0 Å². The number of amides is 1. The molecule has 0 spiro atoms. The van der Waals surface area contributed by atoms with E-state index >= 15 is 0 Å². The number of hydrogen-bond donors (Lipinski definition) is 1. The third kappa shape index (κ3) is 4.40. The standard InChI is InChI=1S/C22H19N3O2S3/c1-2-10-25-21(27)19-17(15-7-4-3-5-8-15)13-29-20(19)24-22(25)30-14-18(26)23-12-16-9-6-11-28-16/h2-9,11,13H,1,10,12,14H2,(H,23,26). The molecule has 152 valence electrons. The van der Waals surface area contributed by atoms with E-state index in [1.165, 1.54) is 23.1 Å². The highest BCUT2D eigenvalue weighted by atomic mass is 32.2. The molecule has 8 heteroatoms. The first kappa shape index (κ1) is 20.6. The van der Waals surface area contributed by atoms with Crippen LogP contribution in [0, 0.1) is 0 Å². The van der Waals surface area contributed by atoms with Gasteiger partial charge >= 0.3 is 0 Å². The Hall–Kier alpha value is -2.68. The van der Waals surface area contributed by atoms with Crippen LogP contribution in [0.3, 0.4) is 0 Å². The van der Waals surface area contributed by atoms with Crippen molar-refractivity contribution in [2.45, 2.75) is 18.2 Å². The lowest BCUT2D eigenvalue weighted by atomic mass is 10.1. The van der Waals surface area contributed by atoms with Crippen molar-refractivity contribution >= 4 is 50.6 Å². The van der Waals surface area contributed by atoms with Crippen molar-refractivity contribution in [3.05, 3.63) is 81.1 Å². The van der Waals surface area contributed by atoms with Crippen molar-refractivity contribution in [1.82, 2.24) is 14.9 Å². The summed E-state index contributed by atoms with van der Waals surface area (Å²) in [7, 11) is 0. The fourth-order valence-corrected chi connectivity index (χ4v) is 5.49. The molecule has 0 radical (unpaired) electrons. The van der Waals surface area contributed by atoms with Crippen molar-refractivity contribution in [1.29, 1.82) is 0 Å². The zero-order chi connectivity index (χ0) is 20.9. The van der Waals surface area contributed by atoms with Gasteiger partial charge in [0.2, 0.25) is 5.91 Å². The van der Waals surface area contributed by atoms with E-state index in [4.69, 9.17) is 4.98 Å². The van der Waals surface area contributed by atoms with Crippen molar-refractivity contribution in [3.8, 4) is 11.1 Å². The summed E-state index contributed by atoms with van der Waals surface area (Å²) in [5.74, 6) is 0.0984.